The van der Waals surface area contributed by atoms with Crippen molar-refractivity contribution in [1.82, 2.24) is 14.9 Å². The lowest BCUT2D eigenvalue weighted by Gasteiger charge is -2.13. The number of anilines is 2. The topological polar surface area (TPSA) is 87.2 Å². The Labute approximate surface area is 215 Å². The van der Waals surface area contributed by atoms with Crippen LogP contribution >= 0.6 is 22.9 Å². The van der Waals surface area contributed by atoms with Crippen molar-refractivity contribution in [2.75, 3.05) is 31.3 Å². The molecular formula is C24H23ClF3N5O2S. The lowest BCUT2D eigenvalue weighted by atomic mass is 9.96. The highest BCUT2D eigenvalue weighted by molar-refractivity contribution is 7.15. The number of hydrogen-bond donors (Lipinski definition) is 2. The predicted molar refractivity (Wildman–Crippen MR) is 135 cm³/mol. The molecule has 0 saturated carbocycles. The number of likely N-dealkylation sites (N-methyl/N-ethyl adjacent to an activating group) is 1. The molecule has 190 valence electrons. The van der Waals surface area contributed by atoms with Crippen molar-refractivity contribution in [3.63, 3.8) is 0 Å². The Balaban J connectivity index is 1.70. The van der Waals surface area contributed by atoms with Crippen LogP contribution in [0.1, 0.15) is 23.3 Å². The largest absolute Gasteiger partial charge is 0.427 e. The van der Waals surface area contributed by atoms with E-state index in [0.29, 0.717) is 35.2 Å². The van der Waals surface area contributed by atoms with Gasteiger partial charge in [0.1, 0.15) is 4.88 Å². The minimum absolute atomic E-state index is 0.125. The number of halogens is 4. The standard InChI is InChI=1S/C24H23ClF3N5O2S/c1-14(22(35)32-23-30-13-19(36-23)24(26,27)28)15-6-4-7-16(10-15)17-11-18(25)21(29-12-17)31-20(34)8-5-9-33(2)3/h4-8,10-14H,9H2,1-3H3,(H,29,31,34)(H,30,32,35)/b8-5+. The van der Waals surface area contributed by atoms with Gasteiger partial charge in [0.25, 0.3) is 0 Å². The smallest absolute Gasteiger partial charge is 0.306 e. The van der Waals surface area contributed by atoms with E-state index in [4.69, 9.17) is 11.6 Å². The van der Waals surface area contributed by atoms with Crippen molar-refractivity contribution >= 4 is 45.7 Å². The molecule has 0 radical (unpaired) electrons. The molecule has 2 heterocycles. The maximum Gasteiger partial charge on any atom is 0.427 e. The van der Waals surface area contributed by atoms with Crippen LogP contribution in [-0.4, -0.2) is 47.3 Å². The summed E-state index contributed by atoms with van der Waals surface area (Å²) in [4.78, 5) is 33.6. The third-order valence-electron chi connectivity index (χ3n) is 4.95. The van der Waals surface area contributed by atoms with Crippen LogP contribution in [0.25, 0.3) is 11.1 Å². The molecule has 3 rings (SSSR count). The summed E-state index contributed by atoms with van der Waals surface area (Å²) in [5.74, 6) is -1.31. The normalized spacial score (nSPS) is 12.7. The molecule has 0 spiro atoms. The van der Waals surface area contributed by atoms with Crippen LogP contribution in [-0.2, 0) is 15.8 Å². The molecule has 2 amide bonds. The third-order valence-corrected chi connectivity index (χ3v) is 6.20. The second kappa shape index (κ2) is 11.6. The molecule has 0 aliphatic heterocycles. The van der Waals surface area contributed by atoms with Gasteiger partial charge >= 0.3 is 6.18 Å². The van der Waals surface area contributed by atoms with Gasteiger partial charge in [0, 0.05) is 24.4 Å². The van der Waals surface area contributed by atoms with E-state index in [1.54, 1.807) is 49.5 Å². The minimum Gasteiger partial charge on any atom is -0.306 e. The summed E-state index contributed by atoms with van der Waals surface area (Å²) in [7, 11) is 3.77. The molecule has 0 fully saturated rings. The quantitative estimate of drug-likeness (QED) is 0.361. The summed E-state index contributed by atoms with van der Waals surface area (Å²) in [5.41, 5.74) is 2.02. The molecule has 1 unspecified atom stereocenters. The first kappa shape index (κ1) is 27.3. The van der Waals surface area contributed by atoms with Gasteiger partial charge in [0.2, 0.25) is 11.8 Å². The number of hydrogen-bond acceptors (Lipinski definition) is 6. The second-order valence-electron chi connectivity index (χ2n) is 8.07. The third kappa shape index (κ3) is 7.36. The van der Waals surface area contributed by atoms with Gasteiger partial charge < -0.3 is 15.5 Å². The van der Waals surface area contributed by atoms with Crippen LogP contribution in [0.15, 0.2) is 54.9 Å². The number of rotatable bonds is 8. The number of amides is 2. The fraction of sp³-hybridized carbons (Fsp3) is 0.250. The molecule has 7 nitrogen and oxygen atoms in total. The summed E-state index contributed by atoms with van der Waals surface area (Å²) >= 11 is 6.69. The van der Waals surface area contributed by atoms with Gasteiger partial charge in [-0.05, 0) is 38.2 Å². The number of aromatic nitrogens is 2. The minimum atomic E-state index is -4.52. The Morgan fingerprint density at radius 1 is 1.14 bits per heavy atom. The average Bonchev–Trinajstić information content (AvgIpc) is 3.29. The molecule has 1 atom stereocenters. The molecule has 0 saturated heterocycles. The van der Waals surface area contributed by atoms with E-state index in [1.165, 1.54) is 6.08 Å². The van der Waals surface area contributed by atoms with Crippen molar-refractivity contribution in [2.24, 2.45) is 0 Å². The highest BCUT2D eigenvalue weighted by Gasteiger charge is 2.33. The molecule has 36 heavy (non-hydrogen) atoms. The van der Waals surface area contributed by atoms with Gasteiger partial charge in [-0.25, -0.2) is 9.97 Å². The Hall–Kier alpha value is -3.28. The van der Waals surface area contributed by atoms with Gasteiger partial charge in [-0.15, -0.1) is 0 Å². The molecule has 12 heteroatoms. The van der Waals surface area contributed by atoms with E-state index in [2.05, 4.69) is 20.6 Å². The van der Waals surface area contributed by atoms with Crippen LogP contribution in [0, 0.1) is 0 Å². The zero-order chi connectivity index (χ0) is 26.5. The Morgan fingerprint density at radius 3 is 2.53 bits per heavy atom. The monoisotopic (exact) mass is 537 g/mol. The van der Waals surface area contributed by atoms with Gasteiger partial charge in [0.05, 0.1) is 17.1 Å². The highest BCUT2D eigenvalue weighted by Crippen LogP contribution is 2.35. The number of nitrogens with zero attached hydrogens (tertiary/aromatic N) is 3. The first-order valence-corrected chi connectivity index (χ1v) is 11.9. The zero-order valence-corrected chi connectivity index (χ0v) is 21.1. The maximum atomic E-state index is 12.8. The first-order chi connectivity index (χ1) is 16.9. The predicted octanol–water partition coefficient (Wildman–Crippen LogP) is 5.68. The lowest BCUT2D eigenvalue weighted by Crippen LogP contribution is -2.18. The maximum absolute atomic E-state index is 12.8. The molecule has 0 aliphatic rings. The van der Waals surface area contributed by atoms with Crippen molar-refractivity contribution in [3.05, 3.63) is 70.3 Å². The number of alkyl halides is 3. The number of thiazole rings is 1. The SMILES string of the molecule is CC(C(=O)Nc1ncc(C(F)(F)F)s1)c1cccc(-c2cnc(NC(=O)/C=C/CN(C)C)c(Cl)c2)c1. The van der Waals surface area contributed by atoms with E-state index in [-0.39, 0.29) is 21.9 Å². The summed E-state index contributed by atoms with van der Waals surface area (Å²) in [5, 5.41) is 5.17. The number of nitrogens with one attached hydrogen (secondary N) is 2. The van der Waals surface area contributed by atoms with Crippen LogP contribution in [0.4, 0.5) is 24.1 Å². The molecule has 2 N–H and O–H groups in total. The van der Waals surface area contributed by atoms with E-state index >= 15 is 0 Å². The summed E-state index contributed by atoms with van der Waals surface area (Å²) in [6.07, 6.45) is 0.830. The Bertz CT molecular complexity index is 1280. The molecule has 1 aromatic carbocycles. The van der Waals surface area contributed by atoms with Gasteiger partial charge in [-0.3, -0.25) is 9.59 Å². The number of pyridine rings is 1. The number of carbonyl (C=O) groups is 2. The fourth-order valence-electron chi connectivity index (χ4n) is 3.03. The van der Waals surface area contributed by atoms with Crippen molar-refractivity contribution < 1.29 is 22.8 Å². The molecule has 0 bridgehead atoms. The first-order valence-electron chi connectivity index (χ1n) is 10.7. The highest BCUT2D eigenvalue weighted by atomic mass is 35.5. The van der Waals surface area contributed by atoms with Gasteiger partial charge in [-0.1, -0.05) is 53.3 Å². The van der Waals surface area contributed by atoms with Crippen molar-refractivity contribution in [1.29, 1.82) is 0 Å². The van der Waals surface area contributed by atoms with Crippen molar-refractivity contribution in [2.45, 2.75) is 19.0 Å². The van der Waals surface area contributed by atoms with Crippen molar-refractivity contribution in [3.8, 4) is 11.1 Å². The summed E-state index contributed by atoms with van der Waals surface area (Å²) < 4.78 is 38.3. The zero-order valence-electron chi connectivity index (χ0n) is 19.6. The fourth-order valence-corrected chi connectivity index (χ4v) is 3.93. The average molecular weight is 538 g/mol. The number of benzene rings is 1. The Morgan fingerprint density at radius 2 is 1.89 bits per heavy atom. The van der Waals surface area contributed by atoms with Crippen LogP contribution in [0.2, 0.25) is 5.02 Å². The molecule has 2 aromatic heterocycles. The van der Waals surface area contributed by atoms with E-state index < -0.39 is 22.9 Å². The summed E-state index contributed by atoms with van der Waals surface area (Å²) in [6.45, 7) is 2.25. The molecule has 3 aromatic rings. The Kier molecular flexibility index (Phi) is 8.83. The van der Waals surface area contributed by atoms with Crippen LogP contribution < -0.4 is 10.6 Å². The molecular weight excluding hydrogens is 515 g/mol. The summed E-state index contributed by atoms with van der Waals surface area (Å²) in [6, 6.07) is 8.70. The second-order valence-corrected chi connectivity index (χ2v) is 9.51. The van der Waals surface area contributed by atoms with E-state index in [0.717, 1.165) is 5.56 Å². The van der Waals surface area contributed by atoms with Crippen LogP contribution in [0.5, 0.6) is 0 Å². The van der Waals surface area contributed by atoms with Gasteiger partial charge in [0.15, 0.2) is 10.9 Å². The van der Waals surface area contributed by atoms with E-state index in [1.807, 2.05) is 19.0 Å². The lowest BCUT2D eigenvalue weighted by molar-refractivity contribution is -0.134. The van der Waals surface area contributed by atoms with Gasteiger partial charge in [-0.2, -0.15) is 13.2 Å². The molecule has 0 aliphatic carbocycles. The number of carbonyl (C=O) groups excluding carboxylic acids is 2. The van der Waals surface area contributed by atoms with E-state index in [9.17, 15) is 22.8 Å². The van der Waals surface area contributed by atoms with Crippen LogP contribution in [0.3, 0.4) is 0 Å².